The van der Waals surface area contributed by atoms with Gasteiger partial charge in [0.1, 0.15) is 0 Å². The highest BCUT2D eigenvalue weighted by molar-refractivity contribution is 5.88. The van der Waals surface area contributed by atoms with Gasteiger partial charge in [0.2, 0.25) is 0 Å². The molecule has 0 fully saturated rings. The number of nitrogens with one attached hydrogen (secondary N) is 1. The van der Waals surface area contributed by atoms with Crippen LogP contribution in [0.2, 0.25) is 0 Å². The van der Waals surface area contributed by atoms with E-state index in [4.69, 9.17) is 0 Å². The molecule has 0 amide bonds. The summed E-state index contributed by atoms with van der Waals surface area (Å²) in [7, 11) is 0. The van der Waals surface area contributed by atoms with Crippen LogP contribution >= 0.6 is 0 Å². The van der Waals surface area contributed by atoms with Gasteiger partial charge in [0.05, 0.1) is 0 Å². The first kappa shape index (κ1) is 11.9. The Morgan fingerprint density at radius 3 is 1.62 bits per heavy atom. The van der Waals surface area contributed by atoms with E-state index in [9.17, 15) is 0 Å². The zero-order chi connectivity index (χ0) is 14.1. The molecule has 0 aliphatic carbocycles. The summed E-state index contributed by atoms with van der Waals surface area (Å²) in [5, 5.41) is 8.10. The lowest BCUT2D eigenvalue weighted by Gasteiger charge is -2.08. The average molecular weight is 271 g/mol. The summed E-state index contributed by atoms with van der Waals surface area (Å²) in [5.74, 6) is 0. The molecule has 0 saturated heterocycles. The van der Waals surface area contributed by atoms with Crippen molar-refractivity contribution in [3.8, 4) is 0 Å². The van der Waals surface area contributed by atoms with Crippen molar-refractivity contribution in [2.24, 2.45) is 0 Å². The molecular weight excluding hydrogens is 258 g/mol. The number of benzene rings is 2. The maximum atomic E-state index is 4.13. The fourth-order valence-electron chi connectivity index (χ4n) is 2.49. The van der Waals surface area contributed by atoms with Crippen LogP contribution in [0.5, 0.6) is 0 Å². The van der Waals surface area contributed by atoms with Crippen molar-refractivity contribution in [3.63, 3.8) is 0 Å². The van der Waals surface area contributed by atoms with E-state index >= 15 is 0 Å². The molecule has 100 valence electrons. The van der Waals surface area contributed by atoms with Gasteiger partial charge < -0.3 is 5.32 Å². The second-order valence-electron chi connectivity index (χ2n) is 5.00. The lowest BCUT2D eigenvalue weighted by atomic mass is 10.1. The lowest BCUT2D eigenvalue weighted by Crippen LogP contribution is -1.90. The maximum absolute atomic E-state index is 4.13. The van der Waals surface area contributed by atoms with Gasteiger partial charge >= 0.3 is 0 Å². The molecule has 2 aromatic carbocycles. The van der Waals surface area contributed by atoms with E-state index in [1.807, 2.05) is 36.9 Å². The van der Waals surface area contributed by atoms with Crippen LogP contribution in [0.1, 0.15) is 0 Å². The molecule has 21 heavy (non-hydrogen) atoms. The third-order valence-corrected chi connectivity index (χ3v) is 3.57. The van der Waals surface area contributed by atoms with Gasteiger partial charge in [-0.25, -0.2) is 0 Å². The molecule has 0 unspecified atom stereocenters. The van der Waals surface area contributed by atoms with Crippen LogP contribution in [-0.2, 0) is 0 Å². The van der Waals surface area contributed by atoms with Crippen molar-refractivity contribution in [2.45, 2.75) is 0 Å². The Balaban J connectivity index is 1.71. The second kappa shape index (κ2) is 4.87. The first-order valence-electron chi connectivity index (χ1n) is 6.83. The molecule has 3 heteroatoms. The third kappa shape index (κ3) is 2.30. The van der Waals surface area contributed by atoms with Crippen molar-refractivity contribution >= 4 is 32.9 Å². The fourth-order valence-corrected chi connectivity index (χ4v) is 2.49. The minimum Gasteiger partial charge on any atom is -0.355 e. The first-order valence-corrected chi connectivity index (χ1v) is 6.83. The van der Waals surface area contributed by atoms with Gasteiger partial charge in [-0.05, 0) is 47.2 Å². The highest BCUT2D eigenvalue weighted by Crippen LogP contribution is 2.24. The molecule has 0 aliphatic heterocycles. The Hall–Kier alpha value is -2.94. The van der Waals surface area contributed by atoms with Gasteiger partial charge in [0, 0.05) is 46.9 Å². The second-order valence-corrected chi connectivity index (χ2v) is 5.00. The van der Waals surface area contributed by atoms with Crippen molar-refractivity contribution < 1.29 is 0 Å². The van der Waals surface area contributed by atoms with Crippen LogP contribution in [0, 0.1) is 0 Å². The Kier molecular flexibility index (Phi) is 2.75. The minimum absolute atomic E-state index is 1.07. The predicted octanol–water partition coefficient (Wildman–Crippen LogP) is 4.53. The molecule has 0 atom stereocenters. The Bertz CT molecular complexity index is 854. The van der Waals surface area contributed by atoms with E-state index in [1.54, 1.807) is 0 Å². The van der Waals surface area contributed by atoms with Gasteiger partial charge in [-0.1, -0.05) is 12.1 Å². The lowest BCUT2D eigenvalue weighted by molar-refractivity contribution is 1.36. The number of anilines is 2. The average Bonchev–Trinajstić information content (AvgIpc) is 2.55. The van der Waals surface area contributed by atoms with E-state index < -0.39 is 0 Å². The number of rotatable bonds is 2. The monoisotopic (exact) mass is 271 g/mol. The highest BCUT2D eigenvalue weighted by Gasteiger charge is 1.99. The van der Waals surface area contributed by atoms with E-state index in [2.05, 4.69) is 51.7 Å². The molecular formula is C18H13N3. The molecule has 0 aliphatic rings. The molecule has 0 saturated carbocycles. The first-order chi connectivity index (χ1) is 10.4. The summed E-state index contributed by atoms with van der Waals surface area (Å²) in [5.41, 5.74) is 2.14. The van der Waals surface area contributed by atoms with E-state index in [0.29, 0.717) is 0 Å². The Morgan fingerprint density at radius 2 is 1.10 bits per heavy atom. The van der Waals surface area contributed by atoms with E-state index in [0.717, 1.165) is 22.1 Å². The standard InChI is InChI=1S/C18H13N3/c1-3-17(9-13-5-7-19-11-15(1)13)21-18-4-2-16-12-20-8-6-14(16)10-18/h1-12,21H. The molecule has 4 aromatic rings. The van der Waals surface area contributed by atoms with Crippen LogP contribution in [-0.4, -0.2) is 9.97 Å². The summed E-state index contributed by atoms with van der Waals surface area (Å²) >= 11 is 0. The van der Waals surface area contributed by atoms with Crippen LogP contribution < -0.4 is 5.32 Å². The number of fused-ring (bicyclic) bond motifs is 2. The summed E-state index contributed by atoms with van der Waals surface area (Å²) in [4.78, 5) is 8.27. The van der Waals surface area contributed by atoms with Crippen LogP contribution in [0.3, 0.4) is 0 Å². The summed E-state index contributed by atoms with van der Waals surface area (Å²) in [6, 6.07) is 16.6. The largest absolute Gasteiger partial charge is 0.355 e. The quantitative estimate of drug-likeness (QED) is 0.582. The number of aromatic nitrogens is 2. The third-order valence-electron chi connectivity index (χ3n) is 3.57. The van der Waals surface area contributed by atoms with Crippen LogP contribution in [0.25, 0.3) is 21.5 Å². The summed E-state index contributed by atoms with van der Waals surface area (Å²) in [6.45, 7) is 0. The summed E-state index contributed by atoms with van der Waals surface area (Å²) < 4.78 is 0. The molecule has 1 N–H and O–H groups in total. The van der Waals surface area contributed by atoms with Crippen molar-refractivity contribution in [2.75, 3.05) is 5.32 Å². The maximum Gasteiger partial charge on any atom is 0.0390 e. The van der Waals surface area contributed by atoms with E-state index in [1.165, 1.54) is 10.8 Å². The Morgan fingerprint density at radius 1 is 0.571 bits per heavy atom. The molecule has 0 bridgehead atoms. The van der Waals surface area contributed by atoms with Crippen molar-refractivity contribution in [1.82, 2.24) is 9.97 Å². The molecule has 2 heterocycles. The molecule has 0 radical (unpaired) electrons. The highest BCUT2D eigenvalue weighted by atomic mass is 14.9. The van der Waals surface area contributed by atoms with Crippen LogP contribution in [0.4, 0.5) is 11.4 Å². The smallest absolute Gasteiger partial charge is 0.0390 e. The van der Waals surface area contributed by atoms with Crippen molar-refractivity contribution in [3.05, 3.63) is 73.3 Å². The predicted molar refractivity (Wildman–Crippen MR) is 86.8 cm³/mol. The van der Waals surface area contributed by atoms with E-state index in [-0.39, 0.29) is 0 Å². The molecule has 2 aromatic heterocycles. The number of hydrogen-bond acceptors (Lipinski definition) is 3. The Labute approximate surface area is 122 Å². The fraction of sp³-hybridized carbons (Fsp3) is 0. The molecule has 0 spiro atoms. The summed E-state index contributed by atoms with van der Waals surface area (Å²) in [6.07, 6.45) is 7.38. The van der Waals surface area contributed by atoms with Gasteiger partial charge in [-0.2, -0.15) is 0 Å². The SMILES string of the molecule is c1cc2cc(Nc3ccc4cnccc4c3)ccc2cn1. The van der Waals surface area contributed by atoms with Gasteiger partial charge in [-0.15, -0.1) is 0 Å². The minimum atomic E-state index is 1.07. The number of nitrogens with zero attached hydrogens (tertiary/aromatic N) is 2. The normalized spacial score (nSPS) is 10.9. The van der Waals surface area contributed by atoms with Gasteiger partial charge in [0.25, 0.3) is 0 Å². The zero-order valence-corrected chi connectivity index (χ0v) is 11.3. The topological polar surface area (TPSA) is 37.8 Å². The van der Waals surface area contributed by atoms with Gasteiger partial charge in [0.15, 0.2) is 0 Å². The van der Waals surface area contributed by atoms with Crippen LogP contribution in [0.15, 0.2) is 73.3 Å². The number of pyridine rings is 2. The van der Waals surface area contributed by atoms with Gasteiger partial charge in [-0.3, -0.25) is 9.97 Å². The molecule has 4 rings (SSSR count). The molecule has 3 nitrogen and oxygen atoms in total. The zero-order valence-electron chi connectivity index (χ0n) is 11.3. The number of hydrogen-bond donors (Lipinski definition) is 1. The van der Waals surface area contributed by atoms with Crippen molar-refractivity contribution in [1.29, 1.82) is 0 Å².